The van der Waals surface area contributed by atoms with Crippen LogP contribution in [0.15, 0.2) is 72.8 Å². The molecule has 3 rings (SSSR count). The fraction of sp³-hybridized carbons (Fsp3) is 0. The molecule has 0 saturated carbocycles. The Labute approximate surface area is 149 Å². The minimum absolute atomic E-state index is 0.0402. The van der Waals surface area contributed by atoms with Gasteiger partial charge in [-0.3, -0.25) is 14.9 Å². The minimum atomic E-state index is -0.626. The largest absolute Gasteiger partial charge is 0.322 e. The van der Waals surface area contributed by atoms with Gasteiger partial charge in [0.25, 0.3) is 11.6 Å². The topological polar surface area (TPSA) is 72.2 Å². The van der Waals surface area contributed by atoms with Gasteiger partial charge in [-0.15, -0.1) is 0 Å². The Hall–Kier alpha value is -3.18. The summed E-state index contributed by atoms with van der Waals surface area (Å²) in [7, 11) is 0. The number of anilines is 1. The molecule has 0 spiro atoms. The second-order valence-corrected chi connectivity index (χ2v) is 5.75. The van der Waals surface area contributed by atoms with Gasteiger partial charge in [-0.1, -0.05) is 54.1 Å². The predicted octanol–water partition coefficient (Wildman–Crippen LogP) is 5.17. The molecule has 3 aromatic rings. The first-order valence-corrected chi connectivity index (χ1v) is 7.83. The van der Waals surface area contributed by atoms with Crippen LogP contribution < -0.4 is 5.32 Å². The number of hydrogen-bond donors (Lipinski definition) is 1. The van der Waals surface area contributed by atoms with Gasteiger partial charge in [0.15, 0.2) is 0 Å². The van der Waals surface area contributed by atoms with E-state index in [9.17, 15) is 14.9 Å². The van der Waals surface area contributed by atoms with E-state index in [1.807, 2.05) is 42.5 Å². The maximum Gasteiger partial charge on any atom is 0.283 e. The number of nitrogens with zero attached hydrogens (tertiary/aromatic N) is 1. The number of carbonyl (C=O) groups excluding carboxylic acids is 1. The van der Waals surface area contributed by atoms with E-state index in [2.05, 4.69) is 5.32 Å². The number of nitro benzene ring substituents is 1. The van der Waals surface area contributed by atoms with Crippen molar-refractivity contribution >= 4 is 28.9 Å². The highest BCUT2D eigenvalue weighted by Crippen LogP contribution is 2.25. The van der Waals surface area contributed by atoms with Crippen molar-refractivity contribution in [1.29, 1.82) is 0 Å². The van der Waals surface area contributed by atoms with Gasteiger partial charge >= 0.3 is 0 Å². The summed E-state index contributed by atoms with van der Waals surface area (Å²) in [5.74, 6) is -0.559. The molecule has 6 heteroatoms. The third-order valence-electron chi connectivity index (χ3n) is 3.65. The number of carbonyl (C=O) groups is 1. The molecule has 0 bridgehead atoms. The maximum absolute atomic E-state index is 12.3. The van der Waals surface area contributed by atoms with Gasteiger partial charge in [0.2, 0.25) is 0 Å². The van der Waals surface area contributed by atoms with Crippen LogP contribution in [0.2, 0.25) is 5.02 Å². The van der Waals surface area contributed by atoms with Gasteiger partial charge < -0.3 is 5.32 Å². The van der Waals surface area contributed by atoms with Crippen LogP contribution >= 0.6 is 11.6 Å². The summed E-state index contributed by atoms with van der Waals surface area (Å²) in [6, 6.07) is 21.0. The molecule has 3 aromatic carbocycles. The van der Waals surface area contributed by atoms with Crippen molar-refractivity contribution < 1.29 is 9.72 Å². The van der Waals surface area contributed by atoms with Gasteiger partial charge in [-0.2, -0.15) is 0 Å². The lowest BCUT2D eigenvalue weighted by Crippen LogP contribution is -2.13. The molecule has 0 aliphatic heterocycles. The monoisotopic (exact) mass is 352 g/mol. The molecular formula is C19H13ClN2O3. The zero-order valence-corrected chi connectivity index (χ0v) is 13.7. The van der Waals surface area contributed by atoms with Crippen molar-refractivity contribution in [2.45, 2.75) is 0 Å². The Balaban J connectivity index is 1.81. The summed E-state index contributed by atoms with van der Waals surface area (Å²) >= 11 is 5.77. The lowest BCUT2D eigenvalue weighted by molar-refractivity contribution is -0.385. The van der Waals surface area contributed by atoms with Crippen LogP contribution in [0.5, 0.6) is 0 Å². The molecule has 0 aliphatic carbocycles. The molecule has 0 radical (unpaired) electrons. The molecule has 0 atom stereocenters. The van der Waals surface area contributed by atoms with Gasteiger partial charge in [0, 0.05) is 16.8 Å². The molecule has 1 amide bonds. The first-order chi connectivity index (χ1) is 12.0. The Bertz CT molecular complexity index is 925. The smallest absolute Gasteiger partial charge is 0.283 e. The third kappa shape index (κ3) is 3.84. The first-order valence-electron chi connectivity index (χ1n) is 7.45. The molecule has 0 heterocycles. The number of amides is 1. The van der Waals surface area contributed by atoms with E-state index in [4.69, 9.17) is 11.6 Å². The number of rotatable bonds is 4. The molecule has 0 unspecified atom stereocenters. The SMILES string of the molecule is O=C(Nc1ccc(-c2ccccc2)cc1)c1ccc(Cl)cc1[N+](=O)[O-]. The summed E-state index contributed by atoms with van der Waals surface area (Å²) in [4.78, 5) is 22.8. The van der Waals surface area contributed by atoms with E-state index in [1.54, 1.807) is 12.1 Å². The highest BCUT2D eigenvalue weighted by Gasteiger charge is 2.20. The zero-order chi connectivity index (χ0) is 17.8. The highest BCUT2D eigenvalue weighted by molar-refractivity contribution is 6.31. The van der Waals surface area contributed by atoms with Crippen LogP contribution in [0, 0.1) is 10.1 Å². The van der Waals surface area contributed by atoms with Crippen LogP contribution in [0.4, 0.5) is 11.4 Å². The predicted molar refractivity (Wildman–Crippen MR) is 97.9 cm³/mol. The highest BCUT2D eigenvalue weighted by atomic mass is 35.5. The van der Waals surface area contributed by atoms with E-state index in [-0.39, 0.29) is 16.3 Å². The maximum atomic E-state index is 12.3. The van der Waals surface area contributed by atoms with Crippen molar-refractivity contribution in [3.8, 4) is 11.1 Å². The molecule has 5 nitrogen and oxygen atoms in total. The number of hydrogen-bond acceptors (Lipinski definition) is 3. The fourth-order valence-electron chi connectivity index (χ4n) is 2.42. The van der Waals surface area contributed by atoms with E-state index >= 15 is 0 Å². The molecular weight excluding hydrogens is 340 g/mol. The molecule has 0 aliphatic rings. The lowest BCUT2D eigenvalue weighted by atomic mass is 10.1. The van der Waals surface area contributed by atoms with Crippen molar-refractivity contribution in [3.05, 3.63) is 93.5 Å². The van der Waals surface area contributed by atoms with Crippen molar-refractivity contribution in [2.75, 3.05) is 5.32 Å². The Morgan fingerprint density at radius 3 is 2.20 bits per heavy atom. The minimum Gasteiger partial charge on any atom is -0.322 e. The van der Waals surface area contributed by atoms with Crippen LogP contribution in [-0.4, -0.2) is 10.8 Å². The molecule has 1 N–H and O–H groups in total. The Morgan fingerprint density at radius 2 is 1.56 bits per heavy atom. The summed E-state index contributed by atoms with van der Waals surface area (Å²) in [6.07, 6.45) is 0. The normalized spacial score (nSPS) is 10.3. The standard InChI is InChI=1S/C19H13ClN2O3/c20-15-8-11-17(18(12-15)22(24)25)19(23)21-16-9-6-14(7-10-16)13-4-2-1-3-5-13/h1-12H,(H,21,23). The van der Waals surface area contributed by atoms with Crippen LogP contribution in [0.25, 0.3) is 11.1 Å². The summed E-state index contributed by atoms with van der Waals surface area (Å²) < 4.78 is 0. The average molecular weight is 353 g/mol. The second kappa shape index (κ2) is 7.15. The van der Waals surface area contributed by atoms with Gasteiger partial charge in [0.05, 0.1) is 4.92 Å². The summed E-state index contributed by atoms with van der Waals surface area (Å²) in [5, 5.41) is 14.0. The van der Waals surface area contributed by atoms with Gasteiger partial charge in [-0.05, 0) is 35.4 Å². The molecule has 25 heavy (non-hydrogen) atoms. The Morgan fingerprint density at radius 1 is 0.920 bits per heavy atom. The molecule has 0 aromatic heterocycles. The van der Waals surface area contributed by atoms with Crippen molar-refractivity contribution in [3.63, 3.8) is 0 Å². The van der Waals surface area contributed by atoms with E-state index < -0.39 is 10.8 Å². The molecule has 124 valence electrons. The lowest BCUT2D eigenvalue weighted by Gasteiger charge is -2.07. The number of nitrogens with one attached hydrogen (secondary N) is 1. The molecule has 0 saturated heterocycles. The zero-order valence-electron chi connectivity index (χ0n) is 13.0. The fourth-order valence-corrected chi connectivity index (χ4v) is 2.59. The average Bonchev–Trinajstić information content (AvgIpc) is 2.63. The van der Waals surface area contributed by atoms with E-state index in [1.165, 1.54) is 12.1 Å². The van der Waals surface area contributed by atoms with Crippen LogP contribution in [0.3, 0.4) is 0 Å². The van der Waals surface area contributed by atoms with E-state index in [0.29, 0.717) is 5.69 Å². The van der Waals surface area contributed by atoms with Gasteiger partial charge in [0.1, 0.15) is 5.56 Å². The number of halogens is 1. The first kappa shape index (κ1) is 16.7. The van der Waals surface area contributed by atoms with Crippen molar-refractivity contribution in [1.82, 2.24) is 0 Å². The third-order valence-corrected chi connectivity index (χ3v) is 3.89. The number of nitro groups is 1. The van der Waals surface area contributed by atoms with E-state index in [0.717, 1.165) is 17.2 Å². The summed E-state index contributed by atoms with van der Waals surface area (Å²) in [6.45, 7) is 0. The molecule has 0 fully saturated rings. The second-order valence-electron chi connectivity index (χ2n) is 5.32. The van der Waals surface area contributed by atoms with Crippen LogP contribution in [-0.2, 0) is 0 Å². The van der Waals surface area contributed by atoms with Crippen LogP contribution in [0.1, 0.15) is 10.4 Å². The summed E-state index contributed by atoms with van der Waals surface area (Å²) in [5.41, 5.74) is 2.26. The van der Waals surface area contributed by atoms with Gasteiger partial charge in [-0.25, -0.2) is 0 Å². The Kier molecular flexibility index (Phi) is 4.77. The quantitative estimate of drug-likeness (QED) is 0.520. The number of benzene rings is 3. The van der Waals surface area contributed by atoms with Crippen molar-refractivity contribution in [2.24, 2.45) is 0 Å².